The van der Waals surface area contributed by atoms with Crippen molar-refractivity contribution in [1.29, 1.82) is 0 Å². The Labute approximate surface area is 155 Å². The monoisotopic (exact) mass is 463 g/mol. The predicted molar refractivity (Wildman–Crippen MR) is 93.2 cm³/mol. The lowest BCUT2D eigenvalue weighted by molar-refractivity contribution is -0.139. The molecule has 0 saturated carbocycles. The summed E-state index contributed by atoms with van der Waals surface area (Å²) in [4.78, 5) is 23.6. The summed E-state index contributed by atoms with van der Waals surface area (Å²) in [6.45, 7) is 0. The Morgan fingerprint density at radius 3 is 2.24 bits per heavy atom. The number of amides is 1. The van der Waals surface area contributed by atoms with E-state index >= 15 is 0 Å². The summed E-state index contributed by atoms with van der Waals surface area (Å²) in [5.74, 6) is -2.40. The van der Waals surface area contributed by atoms with E-state index in [1.54, 1.807) is 24.3 Å². The third-order valence-electron chi connectivity index (χ3n) is 3.43. The molecule has 0 aliphatic heterocycles. The molecule has 2 N–H and O–H groups in total. The number of halogens is 4. The van der Waals surface area contributed by atoms with Gasteiger partial charge in [-0.2, -0.15) is 13.2 Å². The van der Waals surface area contributed by atoms with Crippen LogP contribution in [0.15, 0.2) is 48.5 Å². The van der Waals surface area contributed by atoms with Gasteiger partial charge < -0.3 is 10.4 Å². The van der Waals surface area contributed by atoms with Crippen LogP contribution in [0.4, 0.5) is 13.2 Å². The maximum Gasteiger partial charge on any atom is 0.417 e. The van der Waals surface area contributed by atoms with Gasteiger partial charge in [-0.05, 0) is 52.4 Å². The summed E-state index contributed by atoms with van der Waals surface area (Å²) in [5.41, 5.74) is -1.06. The zero-order valence-corrected chi connectivity index (χ0v) is 14.8. The zero-order valence-electron chi connectivity index (χ0n) is 12.7. The van der Waals surface area contributed by atoms with Crippen molar-refractivity contribution in [2.75, 3.05) is 0 Å². The molecule has 132 valence electrons. The molecular weight excluding hydrogens is 450 g/mol. The minimum Gasteiger partial charge on any atom is -0.480 e. The van der Waals surface area contributed by atoms with Crippen molar-refractivity contribution in [2.24, 2.45) is 0 Å². The van der Waals surface area contributed by atoms with Crippen molar-refractivity contribution < 1.29 is 27.9 Å². The fraction of sp³-hybridized carbons (Fsp3) is 0.176. The number of aliphatic carboxylic acids is 1. The average molecular weight is 463 g/mol. The number of carbonyl (C=O) groups excluding carboxylic acids is 1. The Balaban J connectivity index is 2.21. The van der Waals surface area contributed by atoms with Gasteiger partial charge in [0, 0.05) is 9.99 Å². The summed E-state index contributed by atoms with van der Waals surface area (Å²) in [5, 5.41) is 11.4. The highest BCUT2D eigenvalue weighted by Gasteiger charge is 2.35. The molecule has 0 heterocycles. The lowest BCUT2D eigenvalue weighted by Crippen LogP contribution is -2.42. The molecule has 4 nitrogen and oxygen atoms in total. The minimum atomic E-state index is -4.71. The van der Waals surface area contributed by atoms with E-state index in [0.29, 0.717) is 5.56 Å². The van der Waals surface area contributed by atoms with Crippen LogP contribution in [-0.4, -0.2) is 23.0 Å². The van der Waals surface area contributed by atoms with Crippen molar-refractivity contribution in [2.45, 2.75) is 18.6 Å². The van der Waals surface area contributed by atoms with Crippen LogP contribution in [0.5, 0.6) is 0 Å². The molecule has 0 aromatic heterocycles. The Bertz CT molecular complexity index is 775. The van der Waals surface area contributed by atoms with E-state index in [2.05, 4.69) is 27.9 Å². The Morgan fingerprint density at radius 1 is 1.08 bits per heavy atom. The predicted octanol–water partition coefficient (Wildman–Crippen LogP) is 3.74. The lowest BCUT2D eigenvalue weighted by atomic mass is 10.0. The van der Waals surface area contributed by atoms with Gasteiger partial charge in [0.15, 0.2) is 0 Å². The fourth-order valence-electron chi connectivity index (χ4n) is 2.22. The van der Waals surface area contributed by atoms with Crippen LogP contribution < -0.4 is 5.32 Å². The third kappa shape index (κ3) is 5.18. The van der Waals surface area contributed by atoms with Crippen LogP contribution in [-0.2, 0) is 17.4 Å². The van der Waals surface area contributed by atoms with E-state index in [4.69, 9.17) is 0 Å². The maximum absolute atomic E-state index is 13.0. The summed E-state index contributed by atoms with van der Waals surface area (Å²) >= 11 is 2.09. The van der Waals surface area contributed by atoms with Crippen LogP contribution in [0.2, 0.25) is 0 Å². The number of carbonyl (C=O) groups is 2. The van der Waals surface area contributed by atoms with E-state index in [1.165, 1.54) is 12.1 Å². The number of alkyl halides is 3. The van der Waals surface area contributed by atoms with Crippen LogP contribution in [0, 0.1) is 3.57 Å². The first-order valence-corrected chi connectivity index (χ1v) is 8.20. The third-order valence-corrected chi connectivity index (χ3v) is 4.15. The molecule has 0 radical (unpaired) electrons. The van der Waals surface area contributed by atoms with Gasteiger partial charge in [-0.3, -0.25) is 4.79 Å². The van der Waals surface area contributed by atoms with E-state index < -0.39 is 35.2 Å². The van der Waals surface area contributed by atoms with Gasteiger partial charge in [0.2, 0.25) is 0 Å². The number of rotatable bonds is 5. The number of hydrogen-bond acceptors (Lipinski definition) is 2. The molecule has 1 amide bonds. The molecule has 2 rings (SSSR count). The van der Waals surface area contributed by atoms with Gasteiger partial charge in [0.1, 0.15) is 6.04 Å². The lowest BCUT2D eigenvalue weighted by Gasteiger charge is -2.17. The number of nitrogens with one attached hydrogen (secondary N) is 1. The zero-order chi connectivity index (χ0) is 18.6. The molecular formula is C17H13F3INO3. The van der Waals surface area contributed by atoms with Crippen LogP contribution in [0.3, 0.4) is 0 Å². The summed E-state index contributed by atoms with van der Waals surface area (Å²) in [7, 11) is 0. The first-order valence-electron chi connectivity index (χ1n) is 7.13. The quantitative estimate of drug-likeness (QED) is 0.665. The van der Waals surface area contributed by atoms with Gasteiger partial charge >= 0.3 is 12.1 Å². The van der Waals surface area contributed by atoms with Gasteiger partial charge in [0.25, 0.3) is 5.91 Å². The maximum atomic E-state index is 13.0. The smallest absolute Gasteiger partial charge is 0.417 e. The minimum absolute atomic E-state index is 0.0355. The van der Waals surface area contributed by atoms with Gasteiger partial charge in [0.05, 0.1) is 11.1 Å². The highest BCUT2D eigenvalue weighted by atomic mass is 127. The number of benzene rings is 2. The first-order chi connectivity index (χ1) is 11.7. The average Bonchev–Trinajstić information content (AvgIpc) is 2.55. The Kier molecular flexibility index (Phi) is 6.04. The largest absolute Gasteiger partial charge is 0.480 e. The topological polar surface area (TPSA) is 66.4 Å². The number of hydrogen-bond donors (Lipinski definition) is 2. The van der Waals surface area contributed by atoms with Crippen LogP contribution in [0.1, 0.15) is 21.5 Å². The summed E-state index contributed by atoms with van der Waals surface area (Å²) in [6.07, 6.45) is -4.74. The highest BCUT2D eigenvalue weighted by Crippen LogP contribution is 2.31. The molecule has 0 aliphatic carbocycles. The van der Waals surface area contributed by atoms with Crippen molar-refractivity contribution in [1.82, 2.24) is 5.32 Å². The molecule has 2 aromatic carbocycles. The second-order valence-corrected chi connectivity index (χ2v) is 6.48. The van der Waals surface area contributed by atoms with Crippen molar-refractivity contribution in [3.05, 3.63) is 68.8 Å². The van der Waals surface area contributed by atoms with Crippen LogP contribution >= 0.6 is 22.6 Å². The molecule has 0 bridgehead atoms. The Hall–Kier alpha value is -2.10. The molecule has 1 atom stereocenters. The fourth-order valence-corrected chi connectivity index (χ4v) is 2.58. The second-order valence-electron chi connectivity index (χ2n) is 5.24. The number of carboxylic acids is 1. The Morgan fingerprint density at radius 2 is 1.68 bits per heavy atom. The van der Waals surface area contributed by atoms with Crippen LogP contribution in [0.25, 0.3) is 0 Å². The first kappa shape index (κ1) is 19.2. The van der Waals surface area contributed by atoms with Gasteiger partial charge in [-0.1, -0.05) is 24.3 Å². The number of carboxylic acid groups (broad SMARTS) is 1. The molecule has 25 heavy (non-hydrogen) atoms. The van der Waals surface area contributed by atoms with Crippen molar-refractivity contribution in [3.63, 3.8) is 0 Å². The van der Waals surface area contributed by atoms with E-state index in [0.717, 1.165) is 15.7 Å². The van der Waals surface area contributed by atoms with Gasteiger partial charge in [-0.25, -0.2) is 4.79 Å². The normalized spacial score (nSPS) is 12.5. The second kappa shape index (κ2) is 7.85. The van der Waals surface area contributed by atoms with Crippen molar-refractivity contribution >= 4 is 34.5 Å². The molecule has 0 spiro atoms. The van der Waals surface area contributed by atoms with E-state index in [9.17, 15) is 27.9 Å². The standard InChI is InChI=1S/C17H13F3INO3/c18-17(19,20)13-4-2-1-3-12(13)15(23)22-14(16(24)25)9-10-5-7-11(21)8-6-10/h1-8,14H,9H2,(H,22,23)(H,24,25)/t14-/m1/s1. The molecule has 0 fully saturated rings. The summed E-state index contributed by atoms with van der Waals surface area (Å²) < 4.78 is 39.9. The molecule has 2 aromatic rings. The van der Waals surface area contributed by atoms with E-state index in [1.807, 2.05) is 0 Å². The summed E-state index contributed by atoms with van der Waals surface area (Å²) in [6, 6.07) is 9.87. The van der Waals surface area contributed by atoms with Crippen molar-refractivity contribution in [3.8, 4) is 0 Å². The molecule has 8 heteroatoms. The van der Waals surface area contributed by atoms with Gasteiger partial charge in [-0.15, -0.1) is 0 Å². The highest BCUT2D eigenvalue weighted by molar-refractivity contribution is 14.1. The molecule has 0 aliphatic rings. The van der Waals surface area contributed by atoms with E-state index in [-0.39, 0.29) is 6.42 Å². The molecule has 0 saturated heterocycles. The molecule has 0 unspecified atom stereocenters. The SMILES string of the molecule is O=C(N[C@H](Cc1ccc(I)cc1)C(=O)O)c1ccccc1C(F)(F)F.